The fraction of sp³-hybridized carbons (Fsp3) is 0.571. The van der Waals surface area contributed by atoms with Crippen LogP contribution in [0.25, 0.3) is 10.2 Å². The summed E-state index contributed by atoms with van der Waals surface area (Å²) < 4.78 is 21.7. The summed E-state index contributed by atoms with van der Waals surface area (Å²) in [6.07, 6.45) is 4.46. The van der Waals surface area contributed by atoms with Gasteiger partial charge in [0.1, 0.15) is 5.82 Å². The van der Waals surface area contributed by atoms with Crippen LogP contribution in [0.5, 0.6) is 0 Å². The molecule has 0 saturated carbocycles. The van der Waals surface area contributed by atoms with Gasteiger partial charge < -0.3 is 14.2 Å². The molecule has 9 heteroatoms. The smallest absolute Gasteiger partial charge is 0.258 e. The van der Waals surface area contributed by atoms with Gasteiger partial charge in [-0.3, -0.25) is 9.59 Å². The van der Waals surface area contributed by atoms with Crippen LogP contribution in [0.4, 0.5) is 4.39 Å². The topological polar surface area (TPSA) is 63.9 Å². The van der Waals surface area contributed by atoms with Gasteiger partial charge in [0.2, 0.25) is 5.91 Å². The second-order valence-electron chi connectivity index (χ2n) is 7.14. The summed E-state index contributed by atoms with van der Waals surface area (Å²) in [7, 11) is 0. The molecule has 1 fully saturated rings. The molecule has 0 N–H and O–H groups in total. The first-order chi connectivity index (χ1) is 14.6. The van der Waals surface area contributed by atoms with Crippen molar-refractivity contribution in [3.63, 3.8) is 0 Å². The lowest BCUT2D eigenvalue weighted by Gasteiger charge is -2.19. The van der Waals surface area contributed by atoms with E-state index in [1.54, 1.807) is 6.07 Å². The van der Waals surface area contributed by atoms with E-state index in [9.17, 15) is 14.0 Å². The van der Waals surface area contributed by atoms with Crippen molar-refractivity contribution < 1.29 is 18.7 Å². The van der Waals surface area contributed by atoms with Gasteiger partial charge in [0.05, 0.1) is 28.3 Å². The first kappa shape index (κ1) is 23.0. The molecule has 2 amide bonds. The number of nitrogens with zero attached hydrogens (tertiary/aromatic N) is 3. The summed E-state index contributed by atoms with van der Waals surface area (Å²) in [5.41, 5.74) is 0.830. The van der Waals surface area contributed by atoms with Crippen LogP contribution in [0.1, 0.15) is 32.6 Å². The molecule has 1 saturated heterocycles. The third-order valence-corrected chi connectivity index (χ3v) is 6.88. The number of hydrogen-bond acceptors (Lipinski definition) is 5. The molecule has 0 aliphatic carbocycles. The van der Waals surface area contributed by atoms with Gasteiger partial charge in [-0.2, -0.15) is 4.99 Å². The van der Waals surface area contributed by atoms with Crippen LogP contribution in [0.3, 0.4) is 0 Å². The molecule has 1 aromatic carbocycles. The Morgan fingerprint density at radius 1 is 1.20 bits per heavy atom. The second-order valence-corrected chi connectivity index (χ2v) is 9.13. The molecule has 0 atom stereocenters. The van der Waals surface area contributed by atoms with Gasteiger partial charge in [-0.1, -0.05) is 24.2 Å². The van der Waals surface area contributed by atoms with E-state index in [1.165, 1.54) is 48.1 Å². The minimum absolute atomic E-state index is 0.0961. The van der Waals surface area contributed by atoms with Crippen LogP contribution in [0, 0.1) is 5.82 Å². The minimum Gasteiger partial charge on any atom is -0.380 e. The van der Waals surface area contributed by atoms with Crippen LogP contribution in [0.2, 0.25) is 0 Å². The highest BCUT2D eigenvalue weighted by molar-refractivity contribution is 8.00. The molecule has 0 radical (unpaired) electrons. The summed E-state index contributed by atoms with van der Waals surface area (Å²) in [5.74, 6) is -0.0718. The van der Waals surface area contributed by atoms with Crippen molar-refractivity contribution >= 4 is 45.1 Å². The predicted molar refractivity (Wildman–Crippen MR) is 119 cm³/mol. The average molecular weight is 454 g/mol. The lowest BCUT2D eigenvalue weighted by Crippen LogP contribution is -2.33. The Morgan fingerprint density at radius 2 is 1.97 bits per heavy atom. The number of amides is 2. The van der Waals surface area contributed by atoms with Crippen LogP contribution in [-0.2, 0) is 20.9 Å². The molecular formula is C21H28FN3O3S2. The number of likely N-dealkylation sites (tertiary alicyclic amines) is 1. The predicted octanol–water partition coefficient (Wildman–Crippen LogP) is 3.44. The molecule has 1 aliphatic rings. The number of halogens is 1. The van der Waals surface area contributed by atoms with Crippen LogP contribution < -0.4 is 4.80 Å². The molecule has 6 nitrogen and oxygen atoms in total. The zero-order valence-electron chi connectivity index (χ0n) is 17.3. The number of hydrogen-bond donors (Lipinski definition) is 0. The Hall–Kier alpha value is -1.71. The summed E-state index contributed by atoms with van der Waals surface area (Å²) in [4.78, 5) is 31.5. The van der Waals surface area contributed by atoms with E-state index in [2.05, 4.69) is 4.99 Å². The van der Waals surface area contributed by atoms with Crippen molar-refractivity contribution in [1.82, 2.24) is 9.47 Å². The number of benzene rings is 1. The number of thiazole rings is 1. The van der Waals surface area contributed by atoms with Gasteiger partial charge in [-0.05, 0) is 38.0 Å². The van der Waals surface area contributed by atoms with Gasteiger partial charge >= 0.3 is 0 Å². The van der Waals surface area contributed by atoms with Crippen molar-refractivity contribution in [3.8, 4) is 0 Å². The molecule has 0 unspecified atom stereocenters. The highest BCUT2D eigenvalue weighted by atomic mass is 32.2. The second kappa shape index (κ2) is 11.6. The van der Waals surface area contributed by atoms with Crippen LogP contribution >= 0.6 is 23.1 Å². The molecule has 164 valence electrons. The Morgan fingerprint density at radius 3 is 2.70 bits per heavy atom. The van der Waals surface area contributed by atoms with E-state index < -0.39 is 0 Å². The third-order valence-electron chi connectivity index (χ3n) is 4.94. The van der Waals surface area contributed by atoms with Gasteiger partial charge in [0, 0.05) is 26.2 Å². The van der Waals surface area contributed by atoms with E-state index in [0.29, 0.717) is 30.3 Å². The summed E-state index contributed by atoms with van der Waals surface area (Å²) >= 11 is 2.59. The zero-order chi connectivity index (χ0) is 21.3. The molecule has 3 rings (SSSR count). The van der Waals surface area contributed by atoms with Gasteiger partial charge in [-0.15, -0.1) is 11.8 Å². The largest absolute Gasteiger partial charge is 0.380 e. The minimum atomic E-state index is -0.318. The van der Waals surface area contributed by atoms with Crippen molar-refractivity contribution in [2.24, 2.45) is 4.99 Å². The zero-order valence-corrected chi connectivity index (χ0v) is 18.9. The Kier molecular flexibility index (Phi) is 8.89. The van der Waals surface area contributed by atoms with E-state index >= 15 is 0 Å². The number of carbonyl (C=O) groups is 2. The van der Waals surface area contributed by atoms with Crippen LogP contribution in [-0.4, -0.2) is 59.1 Å². The third kappa shape index (κ3) is 6.39. The normalized spacial score (nSPS) is 15.5. The average Bonchev–Trinajstić information content (AvgIpc) is 2.89. The van der Waals surface area contributed by atoms with Gasteiger partial charge in [0.25, 0.3) is 5.91 Å². The molecule has 0 bridgehead atoms. The number of rotatable bonds is 8. The first-order valence-electron chi connectivity index (χ1n) is 10.4. The highest BCUT2D eigenvalue weighted by Crippen LogP contribution is 2.19. The number of fused-ring (bicyclic) bond motifs is 1. The Balaban J connectivity index is 1.65. The number of aromatic nitrogens is 1. The fourth-order valence-electron chi connectivity index (χ4n) is 3.42. The van der Waals surface area contributed by atoms with E-state index in [0.717, 1.165) is 36.1 Å². The van der Waals surface area contributed by atoms with Crippen LogP contribution in [0.15, 0.2) is 23.2 Å². The van der Waals surface area contributed by atoms with Gasteiger partial charge in [-0.25, -0.2) is 4.39 Å². The molecule has 1 aliphatic heterocycles. The molecule has 30 heavy (non-hydrogen) atoms. The molecule has 0 spiro atoms. The maximum Gasteiger partial charge on any atom is 0.258 e. The number of thioether (sulfide) groups is 1. The summed E-state index contributed by atoms with van der Waals surface area (Å²) in [6, 6.07) is 4.56. The fourth-order valence-corrected chi connectivity index (χ4v) is 5.22. The van der Waals surface area contributed by atoms with Crippen molar-refractivity contribution in [3.05, 3.63) is 28.8 Å². The summed E-state index contributed by atoms with van der Waals surface area (Å²) in [5, 5.41) is 0. The molecule has 2 aromatic rings. The number of ether oxygens (including phenoxy) is 1. The number of carbonyl (C=O) groups excluding carboxylic acids is 2. The maximum absolute atomic E-state index is 13.6. The quantitative estimate of drug-likeness (QED) is 0.575. The van der Waals surface area contributed by atoms with E-state index in [4.69, 9.17) is 4.74 Å². The maximum atomic E-state index is 13.6. The van der Waals surface area contributed by atoms with Crippen molar-refractivity contribution in [1.29, 1.82) is 0 Å². The Bertz CT molecular complexity index is 933. The lowest BCUT2D eigenvalue weighted by atomic mass is 10.2. The Labute approximate surface area is 184 Å². The SMILES string of the molecule is CCOCCn1c(=NC(=O)CSCC(=O)N2CCCCCC2)sc2cc(F)ccc21. The molecule has 1 aromatic heterocycles. The summed E-state index contributed by atoms with van der Waals surface area (Å²) in [6.45, 7) is 5.17. The van der Waals surface area contributed by atoms with Crippen molar-refractivity contribution in [2.45, 2.75) is 39.2 Å². The van der Waals surface area contributed by atoms with Gasteiger partial charge in [0.15, 0.2) is 4.80 Å². The highest BCUT2D eigenvalue weighted by Gasteiger charge is 2.16. The first-order valence-corrected chi connectivity index (χ1v) is 12.4. The molecule has 2 heterocycles. The lowest BCUT2D eigenvalue weighted by molar-refractivity contribution is -0.128. The molecular weight excluding hydrogens is 425 g/mol. The monoisotopic (exact) mass is 453 g/mol. The van der Waals surface area contributed by atoms with E-state index in [1.807, 2.05) is 16.4 Å². The van der Waals surface area contributed by atoms with E-state index in [-0.39, 0.29) is 23.4 Å². The van der Waals surface area contributed by atoms with Crippen molar-refractivity contribution in [2.75, 3.05) is 37.8 Å². The standard InChI is InChI=1S/C21H28FN3O3S2/c1-2-28-12-11-25-17-8-7-16(22)13-18(17)30-21(25)23-19(26)14-29-15-20(27)24-9-5-3-4-6-10-24/h7-8,13H,2-6,9-12,14-15H2,1H3.